The van der Waals surface area contributed by atoms with Crippen molar-refractivity contribution in [1.82, 2.24) is 0 Å². The van der Waals surface area contributed by atoms with E-state index in [1.165, 1.54) is 36.8 Å². The zero-order valence-electron chi connectivity index (χ0n) is 11.4. The van der Waals surface area contributed by atoms with E-state index in [2.05, 4.69) is 38.1 Å². The van der Waals surface area contributed by atoms with Crippen molar-refractivity contribution in [2.45, 2.75) is 50.8 Å². The minimum absolute atomic E-state index is 0.256. The third kappa shape index (κ3) is 2.09. The van der Waals surface area contributed by atoms with Gasteiger partial charge in [-0.15, -0.1) is 11.6 Å². The van der Waals surface area contributed by atoms with Gasteiger partial charge in [0.05, 0.1) is 5.38 Å². The quantitative estimate of drug-likeness (QED) is 0.626. The predicted octanol–water partition coefficient (Wildman–Crippen LogP) is 5.53. The highest BCUT2D eigenvalue weighted by Gasteiger charge is 2.55. The van der Waals surface area contributed by atoms with Crippen LogP contribution in [-0.2, 0) is 0 Å². The van der Waals surface area contributed by atoms with Gasteiger partial charge in [0.25, 0.3) is 0 Å². The molecule has 0 nitrogen and oxygen atoms in total. The monoisotopic (exact) mass is 262 g/mol. The average Bonchev–Trinajstić information content (AvgIpc) is 2.89. The van der Waals surface area contributed by atoms with Gasteiger partial charge in [0.2, 0.25) is 0 Å². The molecule has 0 heterocycles. The molecule has 1 heteroatoms. The molecule has 0 spiro atoms. The molecule has 0 radical (unpaired) electrons. The number of halogens is 1. The highest BCUT2D eigenvalue weighted by molar-refractivity contribution is 6.21. The molecule has 4 atom stereocenters. The Bertz CT molecular complexity index is 398. The number of benzene rings is 1. The minimum atomic E-state index is 0.256. The van der Waals surface area contributed by atoms with Crippen LogP contribution in [0.5, 0.6) is 0 Å². The molecule has 18 heavy (non-hydrogen) atoms. The van der Waals surface area contributed by atoms with E-state index in [1.807, 2.05) is 0 Å². The van der Waals surface area contributed by atoms with Crippen molar-refractivity contribution in [3.63, 3.8) is 0 Å². The maximum absolute atomic E-state index is 6.67. The molecule has 98 valence electrons. The van der Waals surface area contributed by atoms with Crippen molar-refractivity contribution in [3.05, 3.63) is 35.4 Å². The topological polar surface area (TPSA) is 0 Å². The number of rotatable bonds is 4. The van der Waals surface area contributed by atoms with Gasteiger partial charge >= 0.3 is 0 Å². The lowest BCUT2D eigenvalue weighted by Crippen LogP contribution is -1.99. The first-order valence-electron chi connectivity index (χ1n) is 7.46. The van der Waals surface area contributed by atoms with E-state index in [1.54, 1.807) is 0 Å². The molecule has 2 saturated carbocycles. The van der Waals surface area contributed by atoms with Crippen LogP contribution in [0.25, 0.3) is 0 Å². The molecule has 0 bridgehead atoms. The predicted molar refractivity (Wildman–Crippen MR) is 78.1 cm³/mol. The third-order valence-corrected chi connectivity index (χ3v) is 5.79. The maximum atomic E-state index is 6.67. The summed E-state index contributed by atoms with van der Waals surface area (Å²) in [6, 6.07) is 9.06. The first-order chi connectivity index (χ1) is 8.72. The first kappa shape index (κ1) is 12.5. The van der Waals surface area contributed by atoms with E-state index >= 15 is 0 Å². The van der Waals surface area contributed by atoms with Gasteiger partial charge in [0.1, 0.15) is 0 Å². The van der Waals surface area contributed by atoms with Gasteiger partial charge in [-0.05, 0) is 54.1 Å². The lowest BCUT2D eigenvalue weighted by atomic mass is 9.95. The summed E-state index contributed by atoms with van der Waals surface area (Å²) in [5.41, 5.74) is 2.78. The molecule has 1 aromatic rings. The number of fused-ring (bicyclic) bond motifs is 1. The fraction of sp³-hybridized carbons (Fsp3) is 0.647. The van der Waals surface area contributed by atoms with Crippen molar-refractivity contribution in [1.29, 1.82) is 0 Å². The van der Waals surface area contributed by atoms with E-state index in [9.17, 15) is 0 Å². The number of alkyl halides is 1. The summed E-state index contributed by atoms with van der Waals surface area (Å²) in [6.07, 6.45) is 5.48. The molecule has 0 saturated heterocycles. The van der Waals surface area contributed by atoms with Crippen LogP contribution in [0.15, 0.2) is 24.3 Å². The lowest BCUT2D eigenvalue weighted by Gasteiger charge is -2.14. The van der Waals surface area contributed by atoms with Gasteiger partial charge in [-0.2, -0.15) is 0 Å². The van der Waals surface area contributed by atoms with Gasteiger partial charge in [0.15, 0.2) is 0 Å². The normalized spacial score (nSPS) is 32.9. The second-order valence-corrected chi connectivity index (χ2v) is 6.68. The summed E-state index contributed by atoms with van der Waals surface area (Å²) < 4.78 is 0. The number of hydrogen-bond donors (Lipinski definition) is 0. The molecule has 0 N–H and O–H groups in total. The zero-order valence-corrected chi connectivity index (χ0v) is 12.2. The molecule has 4 unspecified atom stereocenters. The van der Waals surface area contributed by atoms with Crippen LogP contribution < -0.4 is 0 Å². The second kappa shape index (κ2) is 4.89. The molecular weight excluding hydrogens is 240 g/mol. The fourth-order valence-corrected chi connectivity index (χ4v) is 4.30. The van der Waals surface area contributed by atoms with E-state index in [-0.39, 0.29) is 5.38 Å². The van der Waals surface area contributed by atoms with Crippen LogP contribution in [0.2, 0.25) is 0 Å². The standard InChI is InChI=1S/C17H23Cl/c1-3-11(2)12-7-9-13(10-8-12)17(18)16-14-5-4-6-15(14)16/h7-11,14-17H,3-6H2,1-2H3. The van der Waals surface area contributed by atoms with Crippen molar-refractivity contribution >= 4 is 11.6 Å². The molecule has 0 amide bonds. The Kier molecular flexibility index (Phi) is 3.40. The number of hydrogen-bond acceptors (Lipinski definition) is 0. The summed E-state index contributed by atoms with van der Waals surface area (Å²) in [5, 5.41) is 0.256. The Morgan fingerprint density at radius 2 is 1.67 bits per heavy atom. The molecule has 3 rings (SSSR count). The van der Waals surface area contributed by atoms with Gasteiger partial charge in [-0.25, -0.2) is 0 Å². The van der Waals surface area contributed by atoms with Gasteiger partial charge < -0.3 is 0 Å². The average molecular weight is 263 g/mol. The molecule has 0 aromatic heterocycles. The van der Waals surface area contributed by atoms with Crippen LogP contribution in [0, 0.1) is 17.8 Å². The smallest absolute Gasteiger partial charge is 0.0618 e. The molecule has 0 aliphatic heterocycles. The Morgan fingerprint density at radius 3 is 2.22 bits per heavy atom. The lowest BCUT2D eigenvalue weighted by molar-refractivity contribution is 0.573. The summed E-state index contributed by atoms with van der Waals surface area (Å²) in [4.78, 5) is 0. The second-order valence-electron chi connectivity index (χ2n) is 6.21. The van der Waals surface area contributed by atoms with Crippen molar-refractivity contribution in [3.8, 4) is 0 Å². The Morgan fingerprint density at radius 1 is 1.11 bits per heavy atom. The molecule has 2 aliphatic carbocycles. The van der Waals surface area contributed by atoms with Gasteiger partial charge in [-0.3, -0.25) is 0 Å². The SMILES string of the molecule is CCC(C)c1ccc(C(Cl)C2C3CCCC32)cc1. The van der Waals surface area contributed by atoms with Crippen LogP contribution in [0.4, 0.5) is 0 Å². The third-order valence-electron chi connectivity index (χ3n) is 5.25. The van der Waals surface area contributed by atoms with Crippen LogP contribution >= 0.6 is 11.6 Å². The van der Waals surface area contributed by atoms with E-state index in [0.717, 1.165) is 17.8 Å². The van der Waals surface area contributed by atoms with E-state index in [0.29, 0.717) is 5.92 Å². The zero-order chi connectivity index (χ0) is 12.7. The summed E-state index contributed by atoms with van der Waals surface area (Å²) >= 11 is 6.67. The minimum Gasteiger partial charge on any atom is -0.117 e. The highest BCUT2D eigenvalue weighted by Crippen LogP contribution is 2.63. The van der Waals surface area contributed by atoms with Crippen molar-refractivity contribution < 1.29 is 0 Å². The van der Waals surface area contributed by atoms with Crippen LogP contribution in [0.3, 0.4) is 0 Å². The molecule has 2 aliphatic rings. The maximum Gasteiger partial charge on any atom is 0.0618 e. The van der Waals surface area contributed by atoms with E-state index in [4.69, 9.17) is 11.6 Å². The first-order valence-corrected chi connectivity index (χ1v) is 7.90. The Balaban J connectivity index is 1.69. The van der Waals surface area contributed by atoms with Gasteiger partial charge in [0, 0.05) is 0 Å². The summed E-state index contributed by atoms with van der Waals surface area (Å²) in [5.74, 6) is 3.33. The summed E-state index contributed by atoms with van der Waals surface area (Å²) in [6.45, 7) is 4.53. The van der Waals surface area contributed by atoms with Gasteiger partial charge in [-0.1, -0.05) is 44.5 Å². The fourth-order valence-electron chi connectivity index (χ4n) is 3.78. The molecule has 2 fully saturated rings. The Labute approximate surface area is 116 Å². The Hall–Kier alpha value is -0.490. The van der Waals surface area contributed by atoms with E-state index < -0.39 is 0 Å². The summed E-state index contributed by atoms with van der Waals surface area (Å²) in [7, 11) is 0. The van der Waals surface area contributed by atoms with Crippen LogP contribution in [0.1, 0.15) is 62.0 Å². The van der Waals surface area contributed by atoms with Crippen LogP contribution in [-0.4, -0.2) is 0 Å². The molecule has 1 aromatic carbocycles. The van der Waals surface area contributed by atoms with Crippen molar-refractivity contribution in [2.75, 3.05) is 0 Å². The highest BCUT2D eigenvalue weighted by atomic mass is 35.5. The molecular formula is C17H23Cl. The van der Waals surface area contributed by atoms with Crippen molar-refractivity contribution in [2.24, 2.45) is 17.8 Å². The largest absolute Gasteiger partial charge is 0.117 e.